The smallest absolute Gasteiger partial charge is 0.263 e. The Hall–Kier alpha value is -3.16. The molecule has 30 heavy (non-hydrogen) atoms. The van der Waals surface area contributed by atoms with Crippen LogP contribution in [0.4, 0.5) is 0 Å². The molecule has 4 aromatic rings. The highest BCUT2D eigenvalue weighted by atomic mass is 35.5. The molecule has 0 amide bonds. The van der Waals surface area contributed by atoms with Gasteiger partial charge in [0, 0.05) is 21.5 Å². The monoisotopic (exact) mass is 438 g/mol. The lowest BCUT2D eigenvalue weighted by atomic mass is 10.1. The number of ketones is 1. The molecule has 0 unspecified atom stereocenters. The van der Waals surface area contributed by atoms with Gasteiger partial charge in [-0.15, -0.1) is 11.3 Å². The number of hydrogen-bond donors (Lipinski definition) is 0. The molecule has 0 fully saturated rings. The molecule has 0 aliphatic carbocycles. The summed E-state index contributed by atoms with van der Waals surface area (Å²) >= 11 is 7.37. The zero-order valence-corrected chi connectivity index (χ0v) is 17.2. The molecule has 0 saturated carbocycles. The largest absolute Gasteiger partial charge is 0.486 e. The highest BCUT2D eigenvalue weighted by molar-refractivity contribution is 7.17. The Morgan fingerprint density at radius 1 is 1.10 bits per heavy atom. The van der Waals surface area contributed by atoms with Crippen LogP contribution in [0.3, 0.4) is 0 Å². The first-order valence-corrected chi connectivity index (χ1v) is 10.5. The molecule has 0 spiro atoms. The van der Waals surface area contributed by atoms with Crippen molar-refractivity contribution >= 4 is 38.9 Å². The van der Waals surface area contributed by atoms with E-state index in [4.69, 9.17) is 21.1 Å². The summed E-state index contributed by atoms with van der Waals surface area (Å²) in [4.78, 5) is 31.0. The Balaban J connectivity index is 1.50. The maximum absolute atomic E-state index is 13.2. The molecule has 2 aromatic heterocycles. The van der Waals surface area contributed by atoms with E-state index < -0.39 is 0 Å². The number of ether oxygens (including phenoxy) is 2. The minimum absolute atomic E-state index is 0.114. The first-order chi connectivity index (χ1) is 14.6. The summed E-state index contributed by atoms with van der Waals surface area (Å²) in [6.45, 7) is 0.811. The van der Waals surface area contributed by atoms with Gasteiger partial charge in [0.1, 0.15) is 18.0 Å². The van der Waals surface area contributed by atoms with E-state index in [1.54, 1.807) is 30.3 Å². The first kappa shape index (κ1) is 18.8. The molecule has 150 valence electrons. The fourth-order valence-corrected chi connectivity index (χ4v) is 4.42. The van der Waals surface area contributed by atoms with Crippen molar-refractivity contribution in [3.05, 3.63) is 75.1 Å². The van der Waals surface area contributed by atoms with Crippen LogP contribution in [-0.4, -0.2) is 28.5 Å². The topological polar surface area (TPSA) is 70.4 Å². The number of halogens is 1. The van der Waals surface area contributed by atoms with Gasteiger partial charge in [-0.25, -0.2) is 4.98 Å². The van der Waals surface area contributed by atoms with Crippen molar-refractivity contribution in [2.45, 2.75) is 6.54 Å². The second-order valence-corrected chi connectivity index (χ2v) is 8.09. The van der Waals surface area contributed by atoms with Crippen molar-refractivity contribution in [2.24, 2.45) is 0 Å². The molecule has 5 rings (SSSR count). The predicted molar refractivity (Wildman–Crippen MR) is 116 cm³/mol. The predicted octanol–water partition coefficient (Wildman–Crippen LogP) is 4.43. The van der Waals surface area contributed by atoms with Gasteiger partial charge in [-0.1, -0.05) is 23.7 Å². The minimum Gasteiger partial charge on any atom is -0.486 e. The van der Waals surface area contributed by atoms with E-state index >= 15 is 0 Å². The molecular formula is C22H15ClN2O4S. The van der Waals surface area contributed by atoms with Crippen molar-refractivity contribution in [3.63, 3.8) is 0 Å². The summed E-state index contributed by atoms with van der Waals surface area (Å²) in [6.07, 6.45) is 1.42. The van der Waals surface area contributed by atoms with Crippen molar-refractivity contribution in [2.75, 3.05) is 13.2 Å². The van der Waals surface area contributed by atoms with Gasteiger partial charge in [0.25, 0.3) is 5.56 Å². The Morgan fingerprint density at radius 2 is 1.87 bits per heavy atom. The standard InChI is InChI=1S/C22H15ClN2O4S/c23-15-4-1-13(2-5-15)16-11-30-21-20(16)22(27)25(12-24-21)10-17(26)14-3-6-18-19(9-14)29-8-7-28-18/h1-6,9,11-12H,7-8,10H2. The molecule has 3 heterocycles. The van der Waals surface area contributed by atoms with Crippen LogP contribution in [0.2, 0.25) is 5.02 Å². The van der Waals surface area contributed by atoms with Gasteiger partial charge in [0.2, 0.25) is 0 Å². The second kappa shape index (κ2) is 7.59. The van der Waals surface area contributed by atoms with E-state index in [-0.39, 0.29) is 17.9 Å². The average Bonchev–Trinajstić information content (AvgIpc) is 3.21. The summed E-state index contributed by atoms with van der Waals surface area (Å²) < 4.78 is 12.4. The highest BCUT2D eigenvalue weighted by Gasteiger charge is 2.18. The van der Waals surface area contributed by atoms with Crippen molar-refractivity contribution < 1.29 is 14.3 Å². The summed E-state index contributed by atoms with van der Waals surface area (Å²) in [5.41, 5.74) is 1.86. The SMILES string of the molecule is O=C(Cn1cnc2scc(-c3ccc(Cl)cc3)c2c1=O)c1ccc2c(c1)OCCO2. The van der Waals surface area contributed by atoms with Crippen molar-refractivity contribution in [1.82, 2.24) is 9.55 Å². The Bertz CT molecular complexity index is 1330. The maximum atomic E-state index is 13.2. The summed E-state index contributed by atoms with van der Waals surface area (Å²) in [6, 6.07) is 12.3. The number of rotatable bonds is 4. The Morgan fingerprint density at radius 3 is 2.67 bits per heavy atom. The lowest BCUT2D eigenvalue weighted by Crippen LogP contribution is -2.24. The summed E-state index contributed by atoms with van der Waals surface area (Å²) in [7, 11) is 0. The Labute approximate surface area is 180 Å². The third-order valence-corrected chi connectivity index (χ3v) is 6.03. The summed E-state index contributed by atoms with van der Waals surface area (Å²) in [5, 5.41) is 3.02. The lowest BCUT2D eigenvalue weighted by Gasteiger charge is -2.18. The van der Waals surface area contributed by atoms with E-state index in [0.717, 1.165) is 11.1 Å². The van der Waals surface area contributed by atoms with Gasteiger partial charge >= 0.3 is 0 Å². The molecule has 1 aliphatic heterocycles. The molecule has 0 N–H and O–H groups in total. The fraction of sp³-hybridized carbons (Fsp3) is 0.136. The van der Waals surface area contributed by atoms with Crippen LogP contribution >= 0.6 is 22.9 Å². The number of fused-ring (bicyclic) bond motifs is 2. The van der Waals surface area contributed by atoms with Gasteiger partial charge in [-0.3, -0.25) is 14.2 Å². The number of hydrogen-bond acceptors (Lipinski definition) is 6. The molecule has 0 bridgehead atoms. The van der Waals surface area contributed by atoms with Gasteiger partial charge in [-0.2, -0.15) is 0 Å². The molecule has 0 radical (unpaired) electrons. The normalized spacial score (nSPS) is 12.8. The molecule has 0 saturated heterocycles. The number of thiophene rings is 1. The number of carbonyl (C=O) groups is 1. The zero-order valence-electron chi connectivity index (χ0n) is 15.6. The molecular weight excluding hydrogens is 424 g/mol. The fourth-order valence-electron chi connectivity index (χ4n) is 3.38. The third kappa shape index (κ3) is 3.36. The first-order valence-electron chi connectivity index (χ1n) is 9.25. The Kier molecular flexibility index (Phi) is 4.77. The van der Waals surface area contributed by atoms with E-state index in [1.807, 2.05) is 17.5 Å². The quantitative estimate of drug-likeness (QED) is 0.441. The van der Waals surface area contributed by atoms with E-state index in [2.05, 4.69) is 4.98 Å². The third-order valence-electron chi connectivity index (χ3n) is 4.89. The van der Waals surface area contributed by atoms with Crippen LogP contribution in [0.25, 0.3) is 21.3 Å². The molecule has 0 atom stereocenters. The van der Waals surface area contributed by atoms with Gasteiger partial charge < -0.3 is 9.47 Å². The number of nitrogens with zero attached hydrogens (tertiary/aromatic N) is 2. The highest BCUT2D eigenvalue weighted by Crippen LogP contribution is 2.32. The van der Waals surface area contributed by atoms with Crippen LogP contribution in [0.15, 0.2) is 59.0 Å². The van der Waals surface area contributed by atoms with Crippen LogP contribution in [0.5, 0.6) is 11.5 Å². The molecule has 6 nitrogen and oxygen atoms in total. The second-order valence-electron chi connectivity index (χ2n) is 6.80. The van der Waals surface area contributed by atoms with E-state index in [9.17, 15) is 9.59 Å². The van der Waals surface area contributed by atoms with Crippen LogP contribution in [0.1, 0.15) is 10.4 Å². The number of aromatic nitrogens is 2. The van der Waals surface area contributed by atoms with Crippen molar-refractivity contribution in [1.29, 1.82) is 0 Å². The van der Waals surface area contributed by atoms with Crippen LogP contribution in [-0.2, 0) is 6.54 Å². The van der Waals surface area contributed by atoms with Crippen LogP contribution < -0.4 is 15.0 Å². The molecule has 2 aromatic carbocycles. The number of benzene rings is 2. The van der Waals surface area contributed by atoms with E-state index in [0.29, 0.717) is 45.5 Å². The average molecular weight is 439 g/mol. The minimum atomic E-state index is -0.253. The summed E-state index contributed by atoms with van der Waals surface area (Å²) in [5.74, 6) is 0.943. The zero-order chi connectivity index (χ0) is 20.7. The van der Waals surface area contributed by atoms with Gasteiger partial charge in [0.15, 0.2) is 17.3 Å². The number of carbonyl (C=O) groups excluding carboxylic acids is 1. The van der Waals surface area contributed by atoms with Crippen LogP contribution in [0, 0.1) is 0 Å². The van der Waals surface area contributed by atoms with Crippen molar-refractivity contribution in [3.8, 4) is 22.6 Å². The molecule has 1 aliphatic rings. The van der Waals surface area contributed by atoms with E-state index in [1.165, 1.54) is 22.2 Å². The maximum Gasteiger partial charge on any atom is 0.263 e. The lowest BCUT2D eigenvalue weighted by molar-refractivity contribution is 0.0969. The molecule has 8 heteroatoms. The van der Waals surface area contributed by atoms with Gasteiger partial charge in [0.05, 0.1) is 18.3 Å². The van der Waals surface area contributed by atoms with Gasteiger partial charge in [-0.05, 0) is 35.9 Å². The number of Topliss-reactive ketones (excluding diaryl/α,β-unsaturated/α-hetero) is 1.